The van der Waals surface area contributed by atoms with Crippen LogP contribution in [0, 0.1) is 23.8 Å². The molecule has 0 aliphatic rings. The van der Waals surface area contributed by atoms with Gasteiger partial charge in [-0.1, -0.05) is 39.0 Å². The summed E-state index contributed by atoms with van der Waals surface area (Å²) in [5.41, 5.74) is 0. The molecule has 152 valence electrons. The van der Waals surface area contributed by atoms with Gasteiger partial charge in [-0.3, -0.25) is 0 Å². The summed E-state index contributed by atoms with van der Waals surface area (Å²) in [6, 6.07) is 13.6. The Morgan fingerprint density at radius 3 is 2.07 bits per heavy atom. The fourth-order valence-corrected chi connectivity index (χ4v) is 3.23. The predicted octanol–water partition coefficient (Wildman–Crippen LogP) is 0.0952. The van der Waals surface area contributed by atoms with Gasteiger partial charge in [-0.05, 0) is 30.3 Å². The summed E-state index contributed by atoms with van der Waals surface area (Å²) in [5, 5.41) is 11.3. The summed E-state index contributed by atoms with van der Waals surface area (Å²) in [7, 11) is -1.82. The summed E-state index contributed by atoms with van der Waals surface area (Å²) in [5.74, 6) is 0.841. The first-order valence-corrected chi connectivity index (χ1v) is 12.1. The number of rotatable bonds is 6. The van der Waals surface area contributed by atoms with Gasteiger partial charge in [0.1, 0.15) is 12.4 Å². The van der Waals surface area contributed by atoms with Crippen molar-refractivity contribution in [3.8, 4) is 5.75 Å². The minimum Gasteiger partial charge on any atom is -0.515 e. The zero-order valence-corrected chi connectivity index (χ0v) is 21.3. The predicted molar refractivity (Wildman–Crippen MR) is 111 cm³/mol. The first kappa shape index (κ1) is 36.2. The Bertz CT molecular complexity index is 603. The minimum atomic E-state index is -1.82. The monoisotopic (exact) mass is 463 g/mol. The molecule has 0 saturated heterocycles. The Morgan fingerprint density at radius 1 is 1.17 bits per heavy atom. The molecule has 8 heteroatoms. The van der Waals surface area contributed by atoms with Gasteiger partial charge in [0.25, 0.3) is 0 Å². The van der Waals surface area contributed by atoms with Crippen LogP contribution >= 0.6 is 11.3 Å². The van der Waals surface area contributed by atoms with Crippen LogP contribution in [0.25, 0.3) is 0 Å². The number of ether oxygens (including phenoxy) is 1. The molecular weight excluding hydrogens is 436 g/mol. The van der Waals surface area contributed by atoms with Crippen LogP contribution < -0.4 is 42.5 Å². The van der Waals surface area contributed by atoms with Gasteiger partial charge in [-0.15, -0.1) is 5.38 Å². The van der Waals surface area contributed by atoms with Crippen LogP contribution in [-0.4, -0.2) is 21.0 Å². The average molecular weight is 464 g/mol. The number of benzene rings is 1. The third-order valence-electron chi connectivity index (χ3n) is 4.00. The van der Waals surface area contributed by atoms with E-state index in [4.69, 9.17) is 27.6 Å². The molecule has 1 aromatic heterocycles. The van der Waals surface area contributed by atoms with E-state index in [1.807, 2.05) is 47.8 Å². The number of thiophene rings is 1. The molecule has 0 unspecified atom stereocenters. The molecule has 0 aliphatic heterocycles. The van der Waals surface area contributed by atoms with Crippen molar-refractivity contribution in [2.45, 2.75) is 45.0 Å². The van der Waals surface area contributed by atoms with Crippen molar-refractivity contribution in [3.63, 3.8) is 0 Å². The van der Waals surface area contributed by atoms with Crippen molar-refractivity contribution in [2.75, 3.05) is 6.61 Å². The van der Waals surface area contributed by atoms with Crippen molar-refractivity contribution in [2.24, 2.45) is 0 Å². The molecule has 0 spiro atoms. The Hall–Kier alpha value is -0.159. The Balaban J connectivity index is -0.000000268. The third kappa shape index (κ3) is 16.2. The molecule has 1 heterocycles. The van der Waals surface area contributed by atoms with E-state index in [0.717, 1.165) is 5.75 Å². The van der Waals surface area contributed by atoms with E-state index < -0.39 is 8.32 Å². The SMILES string of the molecule is [C-]#N.[CH-]=C[C@H](COc1ccccc1)O[Si](C)(C)C(C)(C)C.[Cu+].[Li+].[Li+].[c-]1cccs1. The molecule has 2 rings (SSSR count). The van der Waals surface area contributed by atoms with E-state index in [1.54, 1.807) is 17.4 Å². The third-order valence-corrected chi connectivity index (χ3v) is 9.07. The molecule has 0 aliphatic carbocycles. The number of nitrogens with zero attached hydrogens (tertiary/aromatic N) is 1. The van der Waals surface area contributed by atoms with Crippen LogP contribution in [0.3, 0.4) is 0 Å². The normalized spacial score (nSPS) is 10.6. The van der Waals surface area contributed by atoms with Crippen LogP contribution in [0.5, 0.6) is 5.75 Å². The van der Waals surface area contributed by atoms with Gasteiger partial charge in [0.05, 0.1) is 6.10 Å². The van der Waals surface area contributed by atoms with Crippen LogP contribution in [-0.2, 0) is 21.5 Å². The van der Waals surface area contributed by atoms with E-state index >= 15 is 0 Å². The van der Waals surface area contributed by atoms with Gasteiger partial charge >= 0.3 is 54.8 Å². The van der Waals surface area contributed by atoms with Crippen molar-refractivity contribution in [1.29, 1.82) is 5.26 Å². The van der Waals surface area contributed by atoms with Gasteiger partial charge in [-0.2, -0.15) is 11.4 Å². The summed E-state index contributed by atoms with van der Waals surface area (Å²) in [4.78, 5) is 0. The van der Waals surface area contributed by atoms with E-state index in [2.05, 4.69) is 39.2 Å². The van der Waals surface area contributed by atoms with Crippen molar-refractivity contribution >= 4 is 19.7 Å². The Kier molecular flexibility index (Phi) is 24.7. The topological polar surface area (TPSA) is 42.2 Å². The van der Waals surface area contributed by atoms with E-state index in [1.165, 1.54) is 0 Å². The first-order chi connectivity index (χ1) is 12.3. The van der Waals surface area contributed by atoms with Crippen LogP contribution in [0.4, 0.5) is 0 Å². The molecule has 1 aromatic carbocycles. The maximum absolute atomic E-state index is 6.25. The quantitative estimate of drug-likeness (QED) is 0.450. The van der Waals surface area contributed by atoms with Gasteiger partial charge in [0.15, 0.2) is 8.32 Å². The van der Waals surface area contributed by atoms with E-state index in [9.17, 15) is 0 Å². The fraction of sp³-hybridized carbons (Fsp3) is 0.381. The van der Waals surface area contributed by atoms with Gasteiger partial charge in [-0.25, -0.2) is 12.1 Å². The zero-order valence-electron chi connectivity index (χ0n) is 18.5. The number of hydrogen-bond donors (Lipinski definition) is 0. The molecule has 2 aromatic rings. The number of hydrogen-bond acceptors (Lipinski definition) is 4. The maximum atomic E-state index is 6.25. The van der Waals surface area contributed by atoms with E-state index in [0.29, 0.717) is 6.61 Å². The molecule has 0 saturated carbocycles. The average Bonchev–Trinajstić information content (AvgIpc) is 3.20. The summed E-state index contributed by atoms with van der Waals surface area (Å²) in [6.07, 6.45) is 1.42. The molecule has 3 nitrogen and oxygen atoms in total. The minimum absolute atomic E-state index is 0. The second-order valence-corrected chi connectivity index (χ2v) is 12.5. The molecule has 0 fully saturated rings. The van der Waals surface area contributed by atoms with Crippen LogP contribution in [0.1, 0.15) is 20.8 Å². The van der Waals surface area contributed by atoms with Crippen molar-refractivity contribution in [1.82, 2.24) is 0 Å². The van der Waals surface area contributed by atoms with Crippen LogP contribution in [0.15, 0.2) is 53.9 Å². The maximum Gasteiger partial charge on any atom is 1.00 e. The Morgan fingerprint density at radius 2 is 1.72 bits per heavy atom. The smallest absolute Gasteiger partial charge is 0.515 e. The summed E-state index contributed by atoms with van der Waals surface area (Å²) in [6.45, 7) is 21.9. The second kappa shape index (κ2) is 19.8. The second-order valence-electron chi connectivity index (χ2n) is 6.96. The van der Waals surface area contributed by atoms with Crippen molar-refractivity contribution in [3.05, 3.63) is 72.5 Å². The van der Waals surface area contributed by atoms with E-state index in [-0.39, 0.29) is 65.9 Å². The zero-order chi connectivity index (χ0) is 20.1. The first-order valence-electron chi connectivity index (χ1n) is 8.29. The molecule has 29 heavy (non-hydrogen) atoms. The number of para-hydroxylation sites is 1. The van der Waals surface area contributed by atoms with Gasteiger partial charge in [0, 0.05) is 0 Å². The molecule has 1 atom stereocenters. The Labute approximate surface area is 217 Å². The van der Waals surface area contributed by atoms with Gasteiger partial charge < -0.3 is 38.9 Å². The molecular formula is C21H28CuLi2NO2SSi. The summed E-state index contributed by atoms with van der Waals surface area (Å²) >= 11 is 1.59. The molecule has 0 bridgehead atoms. The molecule has 0 N–H and O–H groups in total. The largest absolute Gasteiger partial charge is 1.00 e. The molecule has 0 radical (unpaired) electrons. The summed E-state index contributed by atoms with van der Waals surface area (Å²) < 4.78 is 11.9. The molecule has 0 amide bonds. The van der Waals surface area contributed by atoms with Crippen LogP contribution in [0.2, 0.25) is 18.1 Å². The fourth-order valence-electron chi connectivity index (χ4n) is 1.58. The van der Waals surface area contributed by atoms with Gasteiger partial charge in [0.2, 0.25) is 0 Å². The van der Waals surface area contributed by atoms with Crippen molar-refractivity contribution < 1.29 is 64.0 Å². The standard InChI is InChI=1S/C16H25O2Si.C4H3S.CN.Cu.2Li/c1-7-14(18-19(5,6)16(2,3)4)13-17-15-11-9-8-10-12-15;1-2-4-5-3-1;1-2;;;/h1,7-12,14H,13H2,2-6H3;1-3H;;;;/q3*-1;3*+1/t14-;;;;;/m1...../s1.